The largest absolute Gasteiger partial charge is 0.573 e. The minimum absolute atomic E-state index is 0.151. The van der Waals surface area contributed by atoms with E-state index in [9.17, 15) is 27.6 Å². The first-order valence-corrected chi connectivity index (χ1v) is 12.9. The van der Waals surface area contributed by atoms with Gasteiger partial charge in [0, 0.05) is 12.1 Å². The molecule has 2 aromatic rings. The maximum absolute atomic E-state index is 13.0. The van der Waals surface area contributed by atoms with Gasteiger partial charge in [-0.05, 0) is 72.8 Å². The van der Waals surface area contributed by atoms with Crippen molar-refractivity contribution in [2.24, 2.45) is 0 Å². The number of nitrogens with zero attached hydrogens (tertiary/aromatic N) is 3. The van der Waals surface area contributed by atoms with Gasteiger partial charge in [0.25, 0.3) is 0 Å². The fourth-order valence-electron chi connectivity index (χ4n) is 3.97. The molecule has 2 N–H and O–H groups in total. The highest BCUT2D eigenvalue weighted by Crippen LogP contribution is 2.31. The molecule has 0 radical (unpaired) electrons. The number of carbonyl (C=O) groups is 3. The number of anilines is 1. The number of halogens is 3. The average Bonchev–Trinajstić information content (AvgIpc) is 3.17. The summed E-state index contributed by atoms with van der Waals surface area (Å²) in [5.74, 6) is -1.51. The van der Waals surface area contributed by atoms with Crippen LogP contribution in [0.25, 0.3) is 10.2 Å². The van der Waals surface area contributed by atoms with Gasteiger partial charge >= 0.3 is 12.5 Å². The summed E-state index contributed by atoms with van der Waals surface area (Å²) < 4.78 is 47.2. The van der Waals surface area contributed by atoms with Gasteiger partial charge in [-0.25, -0.2) is 9.78 Å². The summed E-state index contributed by atoms with van der Waals surface area (Å²) >= 11 is 0.963. The summed E-state index contributed by atoms with van der Waals surface area (Å²) in [6, 6.07) is 2.57. The van der Waals surface area contributed by atoms with Crippen LogP contribution in [0.2, 0.25) is 0 Å². The van der Waals surface area contributed by atoms with E-state index in [1.807, 2.05) is 7.05 Å². The molecule has 0 spiro atoms. The Hall–Kier alpha value is -3.13. The van der Waals surface area contributed by atoms with Crippen molar-refractivity contribution in [3.05, 3.63) is 18.2 Å². The first-order chi connectivity index (χ1) is 17.6. The van der Waals surface area contributed by atoms with Gasteiger partial charge in [-0.2, -0.15) is 0 Å². The number of likely N-dealkylation sites (tertiary alicyclic amines) is 1. The second kappa shape index (κ2) is 11.7. The standard InChI is InChI=1S/C24H32F3N5O5S/c1-14(32(22(35)37-23(2,3)4)15-8-10-31(5)11-9-15)20(34)28-13-19(33)30-21-29-17-7-6-16(12-18(17)38-21)36-24(25,26)27/h6-7,12,14-15H,8-11,13H2,1-5H3,(H,28,34)(H,29,30,33). The Kier molecular flexibility index (Phi) is 9.08. The topological polar surface area (TPSA) is 113 Å². The Bertz CT molecular complexity index is 1160. The van der Waals surface area contributed by atoms with Crippen LogP contribution < -0.4 is 15.4 Å². The zero-order valence-electron chi connectivity index (χ0n) is 21.8. The summed E-state index contributed by atoms with van der Waals surface area (Å²) in [6.45, 7) is 7.98. The number of nitrogens with one attached hydrogen (secondary N) is 2. The van der Waals surface area contributed by atoms with Gasteiger partial charge in [-0.15, -0.1) is 13.2 Å². The molecule has 1 aliphatic heterocycles. The van der Waals surface area contributed by atoms with Gasteiger partial charge in [0.2, 0.25) is 11.8 Å². The molecule has 1 aromatic heterocycles. The molecule has 1 saturated heterocycles. The van der Waals surface area contributed by atoms with E-state index in [-0.39, 0.29) is 11.2 Å². The molecule has 3 amide bonds. The molecule has 38 heavy (non-hydrogen) atoms. The Morgan fingerprint density at radius 2 is 1.87 bits per heavy atom. The van der Waals surface area contributed by atoms with Crippen LogP contribution in [0.1, 0.15) is 40.5 Å². The van der Waals surface area contributed by atoms with Crippen molar-refractivity contribution in [1.29, 1.82) is 0 Å². The van der Waals surface area contributed by atoms with Crippen LogP contribution in [-0.2, 0) is 14.3 Å². The number of aromatic nitrogens is 1. The molecular weight excluding hydrogens is 527 g/mol. The third-order valence-corrected chi connectivity index (χ3v) is 6.68. The number of amides is 3. The molecule has 10 nitrogen and oxygen atoms in total. The second-order valence-electron chi connectivity index (χ2n) is 10.1. The Morgan fingerprint density at radius 3 is 2.47 bits per heavy atom. The van der Waals surface area contributed by atoms with E-state index in [1.54, 1.807) is 27.7 Å². The number of piperidine rings is 1. The second-order valence-corrected chi connectivity index (χ2v) is 11.1. The first-order valence-electron chi connectivity index (χ1n) is 12.0. The van der Waals surface area contributed by atoms with E-state index in [0.717, 1.165) is 30.5 Å². The van der Waals surface area contributed by atoms with Crippen LogP contribution in [0.15, 0.2) is 18.2 Å². The molecule has 3 rings (SSSR count). The van der Waals surface area contributed by atoms with E-state index in [1.165, 1.54) is 17.0 Å². The van der Waals surface area contributed by atoms with Crippen molar-refractivity contribution in [1.82, 2.24) is 20.1 Å². The number of carbonyl (C=O) groups excluding carboxylic acids is 3. The lowest BCUT2D eigenvalue weighted by molar-refractivity contribution is -0.274. The van der Waals surface area contributed by atoms with Crippen molar-refractivity contribution >= 4 is 44.6 Å². The van der Waals surface area contributed by atoms with Crippen LogP contribution >= 0.6 is 11.3 Å². The monoisotopic (exact) mass is 559 g/mol. The SMILES string of the molecule is CC(C(=O)NCC(=O)Nc1nc2ccc(OC(F)(F)F)cc2s1)N(C(=O)OC(C)(C)C)C1CCN(C)CC1. The maximum Gasteiger partial charge on any atom is 0.573 e. The molecule has 0 bridgehead atoms. The zero-order chi connectivity index (χ0) is 28.3. The quantitative estimate of drug-likeness (QED) is 0.528. The number of ether oxygens (including phenoxy) is 2. The molecule has 14 heteroatoms. The number of hydrogen-bond acceptors (Lipinski definition) is 8. The predicted molar refractivity (Wildman–Crippen MR) is 136 cm³/mol. The highest BCUT2D eigenvalue weighted by molar-refractivity contribution is 7.22. The number of rotatable bonds is 7. The summed E-state index contributed by atoms with van der Waals surface area (Å²) in [4.78, 5) is 46.2. The molecule has 2 heterocycles. The van der Waals surface area contributed by atoms with Crippen LogP contribution in [0.3, 0.4) is 0 Å². The molecule has 1 aromatic carbocycles. The first kappa shape index (κ1) is 29.4. The van der Waals surface area contributed by atoms with Crippen molar-refractivity contribution < 1.29 is 37.0 Å². The lowest BCUT2D eigenvalue weighted by Gasteiger charge is -2.40. The third-order valence-electron chi connectivity index (χ3n) is 5.75. The number of fused-ring (bicyclic) bond motifs is 1. The van der Waals surface area contributed by atoms with E-state index in [2.05, 4.69) is 25.3 Å². The maximum atomic E-state index is 13.0. The third kappa shape index (κ3) is 8.45. The van der Waals surface area contributed by atoms with Crippen molar-refractivity contribution in [2.75, 3.05) is 32.0 Å². The summed E-state index contributed by atoms with van der Waals surface area (Å²) in [7, 11) is 1.99. The zero-order valence-corrected chi connectivity index (χ0v) is 22.7. The smallest absolute Gasteiger partial charge is 0.444 e. The fourth-order valence-corrected chi connectivity index (χ4v) is 4.88. The number of hydrogen-bond donors (Lipinski definition) is 2. The number of benzene rings is 1. The van der Waals surface area contributed by atoms with Gasteiger partial charge in [0.05, 0.1) is 16.8 Å². The molecule has 1 unspecified atom stereocenters. The summed E-state index contributed by atoms with van der Waals surface area (Å²) in [5.41, 5.74) is -0.364. The number of alkyl halides is 3. The van der Waals surface area contributed by atoms with Gasteiger partial charge in [0.1, 0.15) is 17.4 Å². The van der Waals surface area contributed by atoms with E-state index in [0.29, 0.717) is 23.1 Å². The molecule has 1 aliphatic rings. The molecule has 1 fully saturated rings. The Balaban J connectivity index is 1.61. The van der Waals surface area contributed by atoms with Gasteiger partial charge in [0.15, 0.2) is 5.13 Å². The lowest BCUT2D eigenvalue weighted by Crippen LogP contribution is -2.56. The molecule has 0 aliphatic carbocycles. The van der Waals surface area contributed by atoms with Crippen LogP contribution in [-0.4, -0.2) is 83.4 Å². The van der Waals surface area contributed by atoms with Crippen molar-refractivity contribution in [3.63, 3.8) is 0 Å². The van der Waals surface area contributed by atoms with Gasteiger partial charge in [-0.1, -0.05) is 11.3 Å². The Labute approximate surface area is 222 Å². The normalized spacial score (nSPS) is 16.1. The highest BCUT2D eigenvalue weighted by atomic mass is 32.1. The summed E-state index contributed by atoms with van der Waals surface area (Å²) in [5, 5.41) is 5.21. The number of thiazole rings is 1. The lowest BCUT2D eigenvalue weighted by atomic mass is 10.0. The molecular formula is C24H32F3N5O5S. The van der Waals surface area contributed by atoms with E-state index in [4.69, 9.17) is 4.74 Å². The molecule has 1 atom stereocenters. The minimum Gasteiger partial charge on any atom is -0.444 e. The Morgan fingerprint density at radius 1 is 1.21 bits per heavy atom. The van der Waals surface area contributed by atoms with Crippen molar-refractivity contribution in [2.45, 2.75) is 64.6 Å². The minimum atomic E-state index is -4.82. The van der Waals surface area contributed by atoms with Crippen LogP contribution in [0, 0.1) is 0 Å². The highest BCUT2D eigenvalue weighted by Gasteiger charge is 2.36. The fraction of sp³-hybridized carbons (Fsp3) is 0.583. The summed E-state index contributed by atoms with van der Waals surface area (Å²) in [6.07, 6.45) is -4.05. The van der Waals surface area contributed by atoms with Crippen LogP contribution in [0.5, 0.6) is 5.75 Å². The van der Waals surface area contributed by atoms with E-state index >= 15 is 0 Å². The van der Waals surface area contributed by atoms with Gasteiger partial charge in [-0.3, -0.25) is 14.5 Å². The van der Waals surface area contributed by atoms with E-state index < -0.39 is 48.2 Å². The predicted octanol–water partition coefficient (Wildman–Crippen LogP) is 3.97. The average molecular weight is 560 g/mol. The molecule has 0 saturated carbocycles. The van der Waals surface area contributed by atoms with Gasteiger partial charge < -0.3 is 25.0 Å². The van der Waals surface area contributed by atoms with Crippen LogP contribution in [0.4, 0.5) is 23.1 Å². The van der Waals surface area contributed by atoms with Crippen molar-refractivity contribution in [3.8, 4) is 5.75 Å². The molecule has 210 valence electrons.